The van der Waals surface area contributed by atoms with E-state index in [-0.39, 0.29) is 5.60 Å². The molecule has 0 unspecified atom stereocenters. The summed E-state index contributed by atoms with van der Waals surface area (Å²) < 4.78 is 6.13. The van der Waals surface area contributed by atoms with Gasteiger partial charge < -0.3 is 4.74 Å². The molecule has 0 saturated heterocycles. The van der Waals surface area contributed by atoms with Crippen molar-refractivity contribution in [3.8, 4) is 0 Å². The van der Waals surface area contributed by atoms with Gasteiger partial charge in [0.2, 0.25) is 0 Å². The van der Waals surface area contributed by atoms with Crippen LogP contribution in [-0.4, -0.2) is 6.61 Å². The monoisotopic (exact) mass is 388 g/mol. The molecule has 0 saturated carbocycles. The van der Waals surface area contributed by atoms with Crippen LogP contribution in [0.25, 0.3) is 0 Å². The summed E-state index contributed by atoms with van der Waals surface area (Å²) in [5.74, 6) is 0. The van der Waals surface area contributed by atoms with Crippen molar-refractivity contribution >= 4 is 0 Å². The topological polar surface area (TPSA) is 9.23 Å². The lowest BCUT2D eigenvalue weighted by molar-refractivity contribution is -0.0234. The Kier molecular flexibility index (Phi) is 15.4. The van der Waals surface area contributed by atoms with Gasteiger partial charge in [-0.1, -0.05) is 134 Å². The molecule has 1 rings (SSSR count). The second-order valence-corrected chi connectivity index (χ2v) is 9.03. The molecule has 0 aromatic heterocycles. The third kappa shape index (κ3) is 13.4. The molecule has 0 amide bonds. The largest absolute Gasteiger partial charge is 0.371 e. The van der Waals surface area contributed by atoms with Gasteiger partial charge in [-0.15, -0.1) is 0 Å². The molecule has 1 aromatic carbocycles. The zero-order valence-electron chi connectivity index (χ0n) is 19.3. The van der Waals surface area contributed by atoms with E-state index in [2.05, 4.69) is 51.1 Å². The number of hydrogen-bond donors (Lipinski definition) is 0. The molecule has 28 heavy (non-hydrogen) atoms. The van der Waals surface area contributed by atoms with E-state index in [0.717, 1.165) is 6.61 Å². The van der Waals surface area contributed by atoms with Crippen LogP contribution in [0, 0.1) is 0 Å². The van der Waals surface area contributed by atoms with E-state index < -0.39 is 0 Å². The minimum atomic E-state index is -0.170. The molecule has 0 N–H and O–H groups in total. The van der Waals surface area contributed by atoms with Crippen LogP contribution in [0.3, 0.4) is 0 Å². The fourth-order valence-corrected chi connectivity index (χ4v) is 3.90. The predicted octanol–water partition coefficient (Wildman–Crippen LogP) is 9.20. The molecule has 0 fully saturated rings. The van der Waals surface area contributed by atoms with Crippen molar-refractivity contribution in [2.45, 2.75) is 129 Å². The van der Waals surface area contributed by atoms with Gasteiger partial charge >= 0.3 is 0 Å². The van der Waals surface area contributed by atoms with Crippen LogP contribution in [0.15, 0.2) is 30.3 Å². The number of unbranched alkanes of at least 4 members (excludes halogenated alkanes) is 15. The highest BCUT2D eigenvalue weighted by atomic mass is 16.5. The fourth-order valence-electron chi connectivity index (χ4n) is 3.90. The smallest absolute Gasteiger partial charge is 0.0875 e. The number of hydrogen-bond acceptors (Lipinski definition) is 1. The Morgan fingerprint density at radius 1 is 0.571 bits per heavy atom. The van der Waals surface area contributed by atoms with Crippen LogP contribution in [-0.2, 0) is 10.3 Å². The van der Waals surface area contributed by atoms with Crippen molar-refractivity contribution in [2.24, 2.45) is 0 Å². The van der Waals surface area contributed by atoms with Crippen molar-refractivity contribution in [1.82, 2.24) is 0 Å². The lowest BCUT2D eigenvalue weighted by Gasteiger charge is -2.26. The van der Waals surface area contributed by atoms with Crippen LogP contribution in [0.5, 0.6) is 0 Å². The minimum Gasteiger partial charge on any atom is -0.371 e. The highest BCUT2D eigenvalue weighted by molar-refractivity contribution is 5.20. The first-order valence-corrected chi connectivity index (χ1v) is 12.4. The van der Waals surface area contributed by atoms with Crippen molar-refractivity contribution in [2.75, 3.05) is 6.61 Å². The van der Waals surface area contributed by atoms with E-state index in [0.29, 0.717) is 0 Å². The molecule has 0 atom stereocenters. The van der Waals surface area contributed by atoms with Gasteiger partial charge in [0.15, 0.2) is 0 Å². The van der Waals surface area contributed by atoms with Gasteiger partial charge in [0, 0.05) is 6.61 Å². The number of benzene rings is 1. The molecule has 0 heterocycles. The molecule has 0 bridgehead atoms. The fraction of sp³-hybridized carbons (Fsp3) is 0.778. The SMILES string of the molecule is CCCCCCCCCCCCCCCCCCOC(C)(C)c1ccccc1. The quantitative estimate of drug-likeness (QED) is 0.215. The summed E-state index contributed by atoms with van der Waals surface area (Å²) in [5, 5.41) is 0. The van der Waals surface area contributed by atoms with E-state index in [9.17, 15) is 0 Å². The predicted molar refractivity (Wildman–Crippen MR) is 125 cm³/mol. The molecule has 0 aliphatic heterocycles. The highest BCUT2D eigenvalue weighted by Gasteiger charge is 2.20. The standard InChI is InChI=1S/C27H48O/c1-4-5-6-7-8-9-10-11-12-13-14-15-16-17-18-22-25-28-27(2,3)26-23-20-19-21-24-26/h19-21,23-24H,4-18,22,25H2,1-3H3. The Balaban J connectivity index is 1.81. The molecule has 0 aliphatic carbocycles. The molecule has 162 valence electrons. The Hall–Kier alpha value is -0.820. The molecule has 1 aromatic rings. The average molecular weight is 389 g/mol. The lowest BCUT2D eigenvalue weighted by Crippen LogP contribution is -2.22. The molecule has 0 spiro atoms. The maximum Gasteiger partial charge on any atom is 0.0875 e. The Labute approximate surface area is 176 Å². The second-order valence-electron chi connectivity index (χ2n) is 9.03. The zero-order chi connectivity index (χ0) is 20.3. The molecule has 1 heteroatoms. The van der Waals surface area contributed by atoms with Crippen LogP contribution >= 0.6 is 0 Å². The normalized spacial score (nSPS) is 11.8. The highest BCUT2D eigenvalue weighted by Crippen LogP contribution is 2.24. The summed E-state index contributed by atoms with van der Waals surface area (Å²) in [5.41, 5.74) is 1.10. The van der Waals surface area contributed by atoms with E-state index in [1.807, 2.05) is 0 Å². The Morgan fingerprint density at radius 3 is 1.39 bits per heavy atom. The van der Waals surface area contributed by atoms with E-state index in [4.69, 9.17) is 4.74 Å². The summed E-state index contributed by atoms with van der Waals surface area (Å²) in [7, 11) is 0. The zero-order valence-corrected chi connectivity index (χ0v) is 19.3. The van der Waals surface area contributed by atoms with Crippen molar-refractivity contribution in [3.63, 3.8) is 0 Å². The van der Waals surface area contributed by atoms with Gasteiger partial charge in [0.25, 0.3) is 0 Å². The number of ether oxygens (including phenoxy) is 1. The van der Waals surface area contributed by atoms with Gasteiger partial charge in [0.1, 0.15) is 0 Å². The lowest BCUT2D eigenvalue weighted by atomic mass is 9.98. The molecular formula is C27H48O. The van der Waals surface area contributed by atoms with Crippen molar-refractivity contribution < 1.29 is 4.74 Å². The summed E-state index contributed by atoms with van der Waals surface area (Å²) in [6, 6.07) is 10.6. The van der Waals surface area contributed by atoms with E-state index in [1.54, 1.807) is 0 Å². The molecular weight excluding hydrogens is 340 g/mol. The van der Waals surface area contributed by atoms with Gasteiger partial charge in [-0.05, 0) is 25.8 Å². The van der Waals surface area contributed by atoms with E-state index >= 15 is 0 Å². The third-order valence-electron chi connectivity index (χ3n) is 5.93. The maximum absolute atomic E-state index is 6.13. The first kappa shape index (κ1) is 25.2. The van der Waals surface area contributed by atoms with Crippen LogP contribution < -0.4 is 0 Å². The summed E-state index contributed by atoms with van der Waals surface area (Å²) >= 11 is 0. The van der Waals surface area contributed by atoms with Gasteiger partial charge in [-0.2, -0.15) is 0 Å². The van der Waals surface area contributed by atoms with Crippen molar-refractivity contribution in [1.29, 1.82) is 0 Å². The average Bonchev–Trinajstić information content (AvgIpc) is 2.71. The van der Waals surface area contributed by atoms with Crippen LogP contribution in [0.2, 0.25) is 0 Å². The Morgan fingerprint density at radius 2 is 0.964 bits per heavy atom. The van der Waals surface area contributed by atoms with Gasteiger partial charge in [-0.3, -0.25) is 0 Å². The van der Waals surface area contributed by atoms with Crippen LogP contribution in [0.1, 0.15) is 129 Å². The number of rotatable bonds is 19. The van der Waals surface area contributed by atoms with Gasteiger partial charge in [-0.25, -0.2) is 0 Å². The van der Waals surface area contributed by atoms with Crippen LogP contribution in [0.4, 0.5) is 0 Å². The molecule has 0 aliphatic rings. The molecule has 0 radical (unpaired) electrons. The third-order valence-corrected chi connectivity index (χ3v) is 5.93. The Bertz CT molecular complexity index is 437. The second kappa shape index (κ2) is 17.1. The maximum atomic E-state index is 6.13. The minimum absolute atomic E-state index is 0.170. The van der Waals surface area contributed by atoms with Gasteiger partial charge in [0.05, 0.1) is 5.60 Å². The first-order valence-electron chi connectivity index (χ1n) is 12.4. The summed E-state index contributed by atoms with van der Waals surface area (Å²) in [6.07, 6.45) is 22.6. The molecule has 1 nitrogen and oxygen atoms in total. The van der Waals surface area contributed by atoms with E-state index in [1.165, 1.54) is 108 Å². The first-order chi connectivity index (χ1) is 13.7. The van der Waals surface area contributed by atoms with Crippen molar-refractivity contribution in [3.05, 3.63) is 35.9 Å². The summed E-state index contributed by atoms with van der Waals surface area (Å²) in [4.78, 5) is 0. The summed E-state index contributed by atoms with van der Waals surface area (Å²) in [6.45, 7) is 7.52.